The van der Waals surface area contributed by atoms with Gasteiger partial charge in [-0.2, -0.15) is 0 Å². The Balaban J connectivity index is 2.43. The van der Waals surface area contributed by atoms with Gasteiger partial charge < -0.3 is 14.6 Å². The molecule has 1 heterocycles. The molecular weight excluding hydrogens is 241 g/mol. The minimum atomic E-state index is -0.547. The van der Waals surface area contributed by atoms with Gasteiger partial charge in [-0.1, -0.05) is 0 Å². The maximum atomic E-state index is 11.8. The summed E-state index contributed by atoms with van der Waals surface area (Å²) >= 11 is 1.54. The van der Waals surface area contributed by atoms with Crippen LogP contribution in [0.5, 0.6) is 0 Å². The molecule has 0 saturated carbocycles. The van der Waals surface area contributed by atoms with Gasteiger partial charge in [-0.25, -0.2) is 0 Å². The topological polar surface area (TPSA) is 66.8 Å². The van der Waals surface area contributed by atoms with Crippen LogP contribution in [0, 0.1) is 0 Å². The summed E-state index contributed by atoms with van der Waals surface area (Å²) in [5.74, 6) is 0.218. The summed E-state index contributed by atoms with van der Waals surface area (Å²) in [6.45, 7) is 4.96. The molecule has 1 N–H and O–H groups in total. The number of hydrogen-bond acceptors (Lipinski definition) is 6. The minimum Gasteiger partial charge on any atom is -0.466 e. The predicted octanol–water partition coefficient (Wildman–Crippen LogP) is 0.0364. The number of ether oxygens (including phenoxy) is 1. The number of ketones is 1. The Bertz CT molecular complexity index is 287. The summed E-state index contributed by atoms with van der Waals surface area (Å²) in [7, 11) is -0.547. The summed E-state index contributed by atoms with van der Waals surface area (Å²) < 4.78 is 4.75. The van der Waals surface area contributed by atoms with Crippen LogP contribution in [-0.4, -0.2) is 59.3 Å². The zero-order valence-corrected chi connectivity index (χ0v) is 11.0. The highest BCUT2D eigenvalue weighted by atomic mass is 32.2. The Morgan fingerprint density at radius 3 is 2.88 bits per heavy atom. The fraction of sp³-hybridized carbons (Fsp3) is 0.800. The lowest BCUT2D eigenvalue weighted by Gasteiger charge is -2.32. The van der Waals surface area contributed by atoms with Crippen molar-refractivity contribution in [3.63, 3.8) is 0 Å². The van der Waals surface area contributed by atoms with E-state index >= 15 is 0 Å². The van der Waals surface area contributed by atoms with Gasteiger partial charge in [0.2, 0.25) is 0 Å². The Hall–Kier alpha value is -0.525. The van der Waals surface area contributed by atoms with Crippen molar-refractivity contribution in [1.29, 1.82) is 0 Å². The largest absolute Gasteiger partial charge is 0.466 e. The second kappa shape index (κ2) is 7.03. The van der Waals surface area contributed by atoms with Crippen LogP contribution in [0.2, 0.25) is 6.82 Å². The number of esters is 1. The quantitative estimate of drug-likeness (QED) is 0.427. The van der Waals surface area contributed by atoms with Crippen LogP contribution in [0.4, 0.5) is 0 Å². The van der Waals surface area contributed by atoms with Crippen molar-refractivity contribution in [2.45, 2.75) is 25.4 Å². The van der Waals surface area contributed by atoms with E-state index in [2.05, 4.69) is 0 Å². The first-order chi connectivity index (χ1) is 8.04. The van der Waals surface area contributed by atoms with Gasteiger partial charge in [0.1, 0.15) is 6.42 Å². The maximum Gasteiger partial charge on any atom is 0.376 e. The Kier molecular flexibility index (Phi) is 6.01. The Labute approximate surface area is 106 Å². The summed E-state index contributed by atoms with van der Waals surface area (Å²) in [5.41, 5.74) is 0. The van der Waals surface area contributed by atoms with Crippen molar-refractivity contribution in [2.75, 3.05) is 25.4 Å². The first-order valence-electron chi connectivity index (χ1n) is 5.76. The first-order valence-corrected chi connectivity index (χ1v) is 6.81. The van der Waals surface area contributed by atoms with E-state index in [4.69, 9.17) is 4.74 Å². The molecule has 1 saturated heterocycles. The average molecular weight is 259 g/mol. The molecule has 17 heavy (non-hydrogen) atoms. The smallest absolute Gasteiger partial charge is 0.376 e. The predicted molar refractivity (Wildman–Crippen MR) is 67.9 cm³/mol. The fourth-order valence-electron chi connectivity index (χ4n) is 1.67. The number of carbonyl (C=O) groups excluding carboxylic acids is 2. The summed E-state index contributed by atoms with van der Waals surface area (Å²) in [4.78, 5) is 24.9. The van der Waals surface area contributed by atoms with Gasteiger partial charge >= 0.3 is 13.0 Å². The van der Waals surface area contributed by atoms with Crippen LogP contribution < -0.4 is 0 Å². The van der Waals surface area contributed by atoms with Gasteiger partial charge in [0.05, 0.1) is 11.9 Å². The molecule has 1 aliphatic rings. The minimum absolute atomic E-state index is 0.112. The highest BCUT2D eigenvalue weighted by Gasteiger charge is 2.30. The maximum absolute atomic E-state index is 11.8. The standard InChI is InChI=1S/C10H18BNO4S/c1-3-16-10(14)6-8(13)9-7-12(11(2)15)4-5-17-9/h9,15H,3-7H2,1-2H3. The number of hydrogen-bond donors (Lipinski definition) is 1. The fourth-order valence-corrected chi connectivity index (χ4v) is 2.86. The molecule has 7 heteroatoms. The monoisotopic (exact) mass is 259 g/mol. The zero-order valence-electron chi connectivity index (χ0n) is 10.2. The third kappa shape index (κ3) is 4.69. The van der Waals surface area contributed by atoms with Gasteiger partial charge in [0.25, 0.3) is 0 Å². The van der Waals surface area contributed by atoms with Crippen molar-refractivity contribution < 1.29 is 19.3 Å². The van der Waals surface area contributed by atoms with E-state index < -0.39 is 13.0 Å². The number of thioether (sulfide) groups is 1. The van der Waals surface area contributed by atoms with Crippen LogP contribution in [0.25, 0.3) is 0 Å². The van der Waals surface area contributed by atoms with E-state index in [9.17, 15) is 14.6 Å². The van der Waals surface area contributed by atoms with Crippen LogP contribution in [0.1, 0.15) is 13.3 Å². The van der Waals surface area contributed by atoms with Crippen molar-refractivity contribution in [3.05, 3.63) is 0 Å². The molecule has 5 nitrogen and oxygen atoms in total. The molecule has 0 bridgehead atoms. The molecule has 0 aromatic rings. The number of carbonyl (C=O) groups is 2. The van der Waals surface area contributed by atoms with E-state index in [0.717, 1.165) is 12.3 Å². The van der Waals surface area contributed by atoms with Gasteiger partial charge in [-0.3, -0.25) is 9.59 Å². The van der Waals surface area contributed by atoms with Gasteiger partial charge in [0, 0.05) is 12.3 Å². The lowest BCUT2D eigenvalue weighted by molar-refractivity contribution is -0.145. The second-order valence-electron chi connectivity index (χ2n) is 3.93. The van der Waals surface area contributed by atoms with Crippen molar-refractivity contribution in [2.24, 2.45) is 0 Å². The third-order valence-corrected chi connectivity index (χ3v) is 3.84. The van der Waals surface area contributed by atoms with Crippen molar-refractivity contribution >= 4 is 30.6 Å². The molecule has 0 aromatic heterocycles. The van der Waals surface area contributed by atoms with E-state index in [1.54, 1.807) is 25.5 Å². The molecule has 0 aromatic carbocycles. The molecule has 1 atom stereocenters. The summed E-state index contributed by atoms with van der Waals surface area (Å²) in [6.07, 6.45) is -0.168. The number of Topliss-reactive ketones (excluding diaryl/α,β-unsaturated/α-hetero) is 1. The van der Waals surface area contributed by atoms with Crippen LogP contribution in [0.15, 0.2) is 0 Å². The molecule has 96 valence electrons. The molecule has 0 amide bonds. The SMILES string of the molecule is CCOC(=O)CC(=O)C1CN(B(C)O)CCS1. The highest BCUT2D eigenvalue weighted by molar-refractivity contribution is 8.00. The van der Waals surface area contributed by atoms with Gasteiger partial charge in [-0.05, 0) is 20.3 Å². The zero-order chi connectivity index (χ0) is 12.8. The summed E-state index contributed by atoms with van der Waals surface area (Å²) in [5, 5.41) is 9.22. The number of rotatable bonds is 5. The second-order valence-corrected chi connectivity index (χ2v) is 5.24. The molecular formula is C10H18BNO4S. The van der Waals surface area contributed by atoms with Gasteiger partial charge in [-0.15, -0.1) is 11.8 Å². The highest BCUT2D eigenvalue weighted by Crippen LogP contribution is 2.21. The van der Waals surface area contributed by atoms with E-state index in [-0.39, 0.29) is 17.5 Å². The van der Waals surface area contributed by atoms with E-state index in [0.29, 0.717) is 13.2 Å². The lowest BCUT2D eigenvalue weighted by atomic mass is 9.84. The van der Waals surface area contributed by atoms with Crippen molar-refractivity contribution in [3.8, 4) is 0 Å². The molecule has 1 fully saturated rings. The normalized spacial score (nSPS) is 21.0. The summed E-state index contributed by atoms with van der Waals surface area (Å²) in [6, 6.07) is 0. The Morgan fingerprint density at radius 2 is 2.29 bits per heavy atom. The third-order valence-electron chi connectivity index (χ3n) is 2.61. The van der Waals surface area contributed by atoms with Gasteiger partial charge in [0.15, 0.2) is 5.78 Å². The molecule has 0 radical (unpaired) electrons. The molecule has 1 aliphatic heterocycles. The van der Waals surface area contributed by atoms with E-state index in [1.807, 2.05) is 4.81 Å². The lowest BCUT2D eigenvalue weighted by Crippen LogP contribution is -2.48. The first kappa shape index (κ1) is 14.5. The molecule has 1 unspecified atom stereocenters. The molecule has 1 rings (SSSR count). The van der Waals surface area contributed by atoms with Crippen molar-refractivity contribution in [1.82, 2.24) is 4.81 Å². The Morgan fingerprint density at radius 1 is 1.59 bits per heavy atom. The average Bonchev–Trinajstić information content (AvgIpc) is 2.29. The molecule has 0 spiro atoms. The number of nitrogens with zero attached hydrogens (tertiary/aromatic N) is 1. The van der Waals surface area contributed by atoms with Crippen LogP contribution >= 0.6 is 11.8 Å². The van der Waals surface area contributed by atoms with E-state index in [1.165, 1.54) is 0 Å². The molecule has 0 aliphatic carbocycles. The van der Waals surface area contributed by atoms with Crippen LogP contribution in [0.3, 0.4) is 0 Å². The van der Waals surface area contributed by atoms with Crippen LogP contribution in [-0.2, 0) is 14.3 Å².